The van der Waals surface area contributed by atoms with Gasteiger partial charge in [-0.05, 0) is 27.2 Å². The van der Waals surface area contributed by atoms with Crippen molar-refractivity contribution >= 4 is 5.91 Å². The molecule has 1 aliphatic rings. The second kappa shape index (κ2) is 9.53. The first-order valence-electron chi connectivity index (χ1n) is 11.1. The van der Waals surface area contributed by atoms with Gasteiger partial charge in [-0.25, -0.2) is 4.79 Å². The standard InChI is InChI=1S/C23H28N6O4/c1-14-4-6-17(7-5-14)20-25-22(33-27-20)16(3)28-10-12-29(13-11-28)19(30)9-8-18-15(2)24-23(32)26-21(18)31/h4-7,16H,8-13H2,1-3H3,(H2,24,26,31,32). The Bertz CT molecular complexity index is 1230. The van der Waals surface area contributed by atoms with Crippen molar-refractivity contribution in [1.29, 1.82) is 0 Å². The van der Waals surface area contributed by atoms with Gasteiger partial charge in [-0.3, -0.25) is 19.5 Å². The lowest BCUT2D eigenvalue weighted by Gasteiger charge is -2.36. The number of carbonyl (C=O) groups excluding carboxylic acids is 1. The van der Waals surface area contributed by atoms with E-state index in [4.69, 9.17) is 4.52 Å². The van der Waals surface area contributed by atoms with Gasteiger partial charge in [0.25, 0.3) is 5.56 Å². The number of nitrogens with zero attached hydrogens (tertiary/aromatic N) is 4. The number of carbonyl (C=O) groups is 1. The van der Waals surface area contributed by atoms with Crippen molar-refractivity contribution in [3.05, 3.63) is 67.8 Å². The Kier molecular flexibility index (Phi) is 6.55. The summed E-state index contributed by atoms with van der Waals surface area (Å²) in [5.41, 5.74) is 2.05. The number of H-pyrrole nitrogens is 2. The number of aromatic amines is 2. The highest BCUT2D eigenvalue weighted by Crippen LogP contribution is 2.24. The summed E-state index contributed by atoms with van der Waals surface area (Å²) in [5.74, 6) is 1.11. The Morgan fingerprint density at radius 1 is 1.09 bits per heavy atom. The van der Waals surface area contributed by atoms with Gasteiger partial charge in [0.05, 0.1) is 6.04 Å². The number of hydrogen-bond acceptors (Lipinski definition) is 7. The molecule has 1 amide bonds. The number of piperazine rings is 1. The highest BCUT2D eigenvalue weighted by atomic mass is 16.5. The minimum Gasteiger partial charge on any atom is -0.340 e. The minimum absolute atomic E-state index is 0.00764. The number of aryl methyl sites for hydroxylation is 2. The van der Waals surface area contributed by atoms with Gasteiger partial charge in [0.15, 0.2) is 0 Å². The van der Waals surface area contributed by atoms with Crippen LogP contribution in [0.1, 0.15) is 42.1 Å². The molecule has 1 fully saturated rings. The molecule has 33 heavy (non-hydrogen) atoms. The molecule has 2 N–H and O–H groups in total. The van der Waals surface area contributed by atoms with Crippen LogP contribution in [0.15, 0.2) is 38.4 Å². The molecule has 1 saturated heterocycles. The Hall–Kier alpha value is -3.53. The Morgan fingerprint density at radius 3 is 2.45 bits per heavy atom. The third kappa shape index (κ3) is 5.11. The lowest BCUT2D eigenvalue weighted by molar-refractivity contribution is -0.133. The van der Waals surface area contributed by atoms with Crippen molar-refractivity contribution in [2.75, 3.05) is 26.2 Å². The first-order valence-corrected chi connectivity index (χ1v) is 11.1. The van der Waals surface area contributed by atoms with Crippen molar-refractivity contribution in [3.8, 4) is 11.4 Å². The molecule has 1 aromatic carbocycles. The molecule has 2 aromatic heterocycles. The SMILES string of the molecule is Cc1ccc(-c2noc(C(C)N3CCN(C(=O)CCc4c(C)[nH]c(=O)[nH]c4=O)CC3)n2)cc1. The molecular formula is C23H28N6O4. The van der Waals surface area contributed by atoms with E-state index in [1.54, 1.807) is 6.92 Å². The van der Waals surface area contributed by atoms with E-state index in [1.807, 2.05) is 43.0 Å². The fourth-order valence-corrected chi connectivity index (χ4v) is 4.06. The highest BCUT2D eigenvalue weighted by Gasteiger charge is 2.28. The van der Waals surface area contributed by atoms with Crippen molar-refractivity contribution in [1.82, 2.24) is 29.9 Å². The average molecular weight is 453 g/mol. The van der Waals surface area contributed by atoms with E-state index in [2.05, 4.69) is 25.0 Å². The molecule has 0 radical (unpaired) electrons. The van der Waals surface area contributed by atoms with Crippen LogP contribution in [0.25, 0.3) is 11.4 Å². The van der Waals surface area contributed by atoms with Gasteiger partial charge in [-0.1, -0.05) is 35.0 Å². The molecule has 10 heteroatoms. The van der Waals surface area contributed by atoms with Gasteiger partial charge in [0, 0.05) is 49.4 Å². The summed E-state index contributed by atoms with van der Waals surface area (Å²) < 4.78 is 5.52. The second-order valence-electron chi connectivity index (χ2n) is 8.43. The monoisotopic (exact) mass is 452 g/mol. The lowest BCUT2D eigenvalue weighted by Crippen LogP contribution is -2.49. The minimum atomic E-state index is -0.537. The van der Waals surface area contributed by atoms with Crippen molar-refractivity contribution in [2.45, 2.75) is 39.7 Å². The van der Waals surface area contributed by atoms with Crippen LogP contribution in [-0.2, 0) is 11.2 Å². The van der Waals surface area contributed by atoms with E-state index >= 15 is 0 Å². The number of benzene rings is 1. The molecule has 0 aliphatic carbocycles. The van der Waals surface area contributed by atoms with Crippen molar-refractivity contribution in [3.63, 3.8) is 0 Å². The fraction of sp³-hybridized carbons (Fsp3) is 0.435. The third-order valence-corrected chi connectivity index (χ3v) is 6.17. The molecule has 174 valence electrons. The number of rotatable bonds is 6. The molecule has 0 spiro atoms. The summed E-state index contributed by atoms with van der Waals surface area (Å²) >= 11 is 0. The lowest BCUT2D eigenvalue weighted by atomic mass is 10.1. The van der Waals surface area contributed by atoms with E-state index < -0.39 is 11.2 Å². The third-order valence-electron chi connectivity index (χ3n) is 6.17. The van der Waals surface area contributed by atoms with Gasteiger partial charge in [0.1, 0.15) is 0 Å². The van der Waals surface area contributed by atoms with Gasteiger partial charge in [-0.2, -0.15) is 4.98 Å². The van der Waals surface area contributed by atoms with Crippen LogP contribution in [-0.4, -0.2) is 62.0 Å². The number of nitrogens with one attached hydrogen (secondary N) is 2. The quantitative estimate of drug-likeness (QED) is 0.581. The average Bonchev–Trinajstić information content (AvgIpc) is 3.28. The summed E-state index contributed by atoms with van der Waals surface area (Å²) in [6.07, 6.45) is 0.506. The van der Waals surface area contributed by atoms with Crippen LogP contribution < -0.4 is 11.2 Å². The van der Waals surface area contributed by atoms with Crippen LogP contribution in [0.5, 0.6) is 0 Å². The Morgan fingerprint density at radius 2 is 1.79 bits per heavy atom. The molecule has 0 bridgehead atoms. The van der Waals surface area contributed by atoms with E-state index in [-0.39, 0.29) is 24.8 Å². The Balaban J connectivity index is 1.31. The van der Waals surface area contributed by atoms with E-state index in [0.29, 0.717) is 49.2 Å². The Labute approximate surface area is 190 Å². The number of hydrogen-bond donors (Lipinski definition) is 2. The maximum absolute atomic E-state index is 12.7. The van der Waals surface area contributed by atoms with Crippen LogP contribution in [0.2, 0.25) is 0 Å². The normalized spacial score (nSPS) is 15.5. The fourth-order valence-electron chi connectivity index (χ4n) is 4.06. The first-order chi connectivity index (χ1) is 15.8. The van der Waals surface area contributed by atoms with Crippen molar-refractivity contribution < 1.29 is 9.32 Å². The number of amides is 1. The molecule has 3 aromatic rings. The molecule has 1 atom stereocenters. The van der Waals surface area contributed by atoms with Gasteiger partial charge < -0.3 is 14.4 Å². The molecule has 0 saturated carbocycles. The molecule has 10 nitrogen and oxygen atoms in total. The van der Waals surface area contributed by atoms with Crippen LogP contribution in [0.3, 0.4) is 0 Å². The van der Waals surface area contributed by atoms with E-state index in [1.165, 1.54) is 5.56 Å². The first kappa shape index (κ1) is 22.7. The zero-order valence-electron chi connectivity index (χ0n) is 19.1. The summed E-state index contributed by atoms with van der Waals surface area (Å²) in [7, 11) is 0. The van der Waals surface area contributed by atoms with Crippen LogP contribution in [0.4, 0.5) is 0 Å². The molecule has 1 aliphatic heterocycles. The largest absolute Gasteiger partial charge is 0.340 e. The zero-order valence-corrected chi connectivity index (χ0v) is 19.1. The highest BCUT2D eigenvalue weighted by molar-refractivity contribution is 5.76. The van der Waals surface area contributed by atoms with E-state index in [9.17, 15) is 14.4 Å². The summed E-state index contributed by atoms with van der Waals surface area (Å²) in [4.78, 5) is 49.3. The number of aromatic nitrogens is 4. The maximum atomic E-state index is 12.7. The molecule has 1 unspecified atom stereocenters. The maximum Gasteiger partial charge on any atom is 0.325 e. The molecule has 4 rings (SSSR count). The zero-order chi connectivity index (χ0) is 23.5. The second-order valence-corrected chi connectivity index (χ2v) is 8.43. The van der Waals surface area contributed by atoms with Gasteiger partial charge in [0.2, 0.25) is 17.6 Å². The molecule has 3 heterocycles. The predicted molar refractivity (Wildman–Crippen MR) is 122 cm³/mol. The summed E-state index contributed by atoms with van der Waals surface area (Å²) in [5, 5.41) is 4.12. The summed E-state index contributed by atoms with van der Waals surface area (Å²) in [6.45, 7) is 8.27. The van der Waals surface area contributed by atoms with Crippen molar-refractivity contribution in [2.24, 2.45) is 0 Å². The van der Waals surface area contributed by atoms with Crippen LogP contribution in [0, 0.1) is 13.8 Å². The topological polar surface area (TPSA) is 128 Å². The van der Waals surface area contributed by atoms with E-state index in [0.717, 1.165) is 5.56 Å². The molecular weight excluding hydrogens is 424 g/mol. The smallest absolute Gasteiger partial charge is 0.325 e. The van der Waals surface area contributed by atoms with Gasteiger partial charge >= 0.3 is 5.69 Å². The van der Waals surface area contributed by atoms with Crippen LogP contribution >= 0.6 is 0 Å². The van der Waals surface area contributed by atoms with Gasteiger partial charge in [-0.15, -0.1) is 0 Å². The predicted octanol–water partition coefficient (Wildman–Crippen LogP) is 1.57. The summed E-state index contributed by atoms with van der Waals surface area (Å²) in [6, 6.07) is 7.92.